The van der Waals surface area contributed by atoms with Gasteiger partial charge in [-0.2, -0.15) is 0 Å². The molecule has 57 heavy (non-hydrogen) atoms. The molecule has 2 N–H and O–H groups in total. The lowest BCUT2D eigenvalue weighted by atomic mass is 10.0. The van der Waals surface area contributed by atoms with Gasteiger partial charge in [0.2, 0.25) is 23.6 Å². The van der Waals surface area contributed by atoms with Gasteiger partial charge in [-0.25, -0.2) is 8.42 Å². The van der Waals surface area contributed by atoms with Crippen molar-refractivity contribution in [3.8, 4) is 0 Å². The smallest absolute Gasteiger partial charge is 0.254 e. The quantitative estimate of drug-likeness (QED) is 0.263. The lowest BCUT2D eigenvalue weighted by molar-refractivity contribution is -0.140. The lowest BCUT2D eigenvalue weighted by Gasteiger charge is -2.30. The second-order valence-corrected chi connectivity index (χ2v) is 17.0. The van der Waals surface area contributed by atoms with Crippen LogP contribution < -0.4 is 10.6 Å². The fraction of sp³-hybridized carbons (Fsp3) is 0.295. The maximum Gasteiger partial charge on any atom is 0.254 e. The van der Waals surface area contributed by atoms with Crippen LogP contribution in [0.15, 0.2) is 114 Å². The Bertz CT molecular complexity index is 2480. The van der Waals surface area contributed by atoms with Crippen molar-refractivity contribution in [2.75, 3.05) is 32.9 Å². The summed E-state index contributed by atoms with van der Waals surface area (Å²) in [6, 6.07) is 30.4. The third-order valence-electron chi connectivity index (χ3n) is 11.0. The van der Waals surface area contributed by atoms with E-state index >= 15 is 0 Å². The largest absolute Gasteiger partial charge is 0.351 e. The number of rotatable bonds is 6. The molecule has 0 radical (unpaired) electrons. The van der Waals surface area contributed by atoms with Crippen molar-refractivity contribution in [1.82, 2.24) is 25.3 Å². The van der Waals surface area contributed by atoms with E-state index in [9.17, 15) is 32.4 Å². The van der Waals surface area contributed by atoms with Gasteiger partial charge in [-0.05, 0) is 69.8 Å². The van der Waals surface area contributed by atoms with Gasteiger partial charge in [0.1, 0.15) is 6.04 Å². The molecule has 5 aromatic carbocycles. The Balaban J connectivity index is 1.10. The molecule has 13 heteroatoms. The average molecular weight is 788 g/mol. The van der Waals surface area contributed by atoms with Crippen LogP contribution in [-0.4, -0.2) is 104 Å². The van der Waals surface area contributed by atoms with E-state index in [4.69, 9.17) is 0 Å². The summed E-state index contributed by atoms with van der Waals surface area (Å²) >= 11 is 0. The van der Waals surface area contributed by atoms with Crippen molar-refractivity contribution in [2.24, 2.45) is 0 Å². The van der Waals surface area contributed by atoms with Crippen LogP contribution in [0.3, 0.4) is 0 Å². The first kappa shape index (κ1) is 39.2. The number of hydrogen-bond donors (Lipinski definition) is 2. The molecule has 1 fully saturated rings. The molecule has 1 saturated heterocycles. The summed E-state index contributed by atoms with van der Waals surface area (Å²) in [7, 11) is -1.15. The van der Waals surface area contributed by atoms with Gasteiger partial charge in [0, 0.05) is 51.3 Å². The number of sulfone groups is 1. The van der Waals surface area contributed by atoms with Crippen molar-refractivity contribution in [3.63, 3.8) is 0 Å². The summed E-state index contributed by atoms with van der Waals surface area (Å²) in [6.07, 6.45) is 0.101. The van der Waals surface area contributed by atoms with E-state index in [2.05, 4.69) is 10.6 Å². The fourth-order valence-corrected chi connectivity index (χ4v) is 9.50. The monoisotopic (exact) mass is 787 g/mol. The molecular formula is C44H45N5O7S. The van der Waals surface area contributed by atoms with Crippen molar-refractivity contribution >= 4 is 60.9 Å². The summed E-state index contributed by atoms with van der Waals surface area (Å²) in [4.78, 5) is 72.3. The molecule has 294 valence electrons. The number of likely N-dealkylation sites (N-methyl/N-ethyl adjacent to an activating group) is 2. The molecule has 7 rings (SSSR count). The zero-order valence-electron chi connectivity index (χ0n) is 31.9. The Morgan fingerprint density at radius 1 is 0.789 bits per heavy atom. The van der Waals surface area contributed by atoms with E-state index in [1.807, 2.05) is 84.9 Å². The second-order valence-electron chi connectivity index (χ2n) is 14.9. The van der Waals surface area contributed by atoms with Crippen molar-refractivity contribution in [3.05, 3.63) is 126 Å². The van der Waals surface area contributed by atoms with Crippen LogP contribution in [0.4, 0.5) is 0 Å². The highest BCUT2D eigenvalue weighted by Crippen LogP contribution is 2.26. The molecule has 0 aromatic heterocycles. The van der Waals surface area contributed by atoms with Crippen LogP contribution in [0.25, 0.3) is 21.5 Å². The highest BCUT2D eigenvalue weighted by molar-refractivity contribution is 7.91. The Morgan fingerprint density at radius 3 is 2.32 bits per heavy atom. The van der Waals surface area contributed by atoms with Gasteiger partial charge in [-0.1, -0.05) is 84.9 Å². The number of hydrogen-bond acceptors (Lipinski definition) is 7. The number of benzene rings is 5. The minimum Gasteiger partial charge on any atom is -0.351 e. The van der Waals surface area contributed by atoms with Gasteiger partial charge in [0.15, 0.2) is 9.84 Å². The SMILES string of the molecule is CN1CC(=O)N2C[C@H](NC(=O)Cc3cccc4ccccc34)C[C@H]2CS(=O)(=O)c2cccc(c2)C(=O)N(C)[C@H](C(=O)NCc2ccc3ccccc3c2)CCC1=O. The van der Waals surface area contributed by atoms with Crippen LogP contribution in [0.2, 0.25) is 0 Å². The average Bonchev–Trinajstić information content (AvgIpc) is 3.60. The molecule has 0 spiro atoms. The molecular weight excluding hydrogens is 743 g/mol. The van der Waals surface area contributed by atoms with E-state index in [1.54, 1.807) is 0 Å². The van der Waals surface area contributed by atoms with E-state index in [0.717, 1.165) is 32.7 Å². The highest BCUT2D eigenvalue weighted by Gasteiger charge is 2.40. The molecule has 0 unspecified atom stereocenters. The summed E-state index contributed by atoms with van der Waals surface area (Å²) in [5, 5.41) is 9.95. The van der Waals surface area contributed by atoms with Gasteiger partial charge >= 0.3 is 0 Å². The zero-order valence-corrected chi connectivity index (χ0v) is 32.7. The summed E-state index contributed by atoms with van der Waals surface area (Å²) in [5.41, 5.74) is 1.75. The van der Waals surface area contributed by atoms with Gasteiger partial charge in [0.05, 0.1) is 23.6 Å². The third-order valence-corrected chi connectivity index (χ3v) is 12.8. The van der Waals surface area contributed by atoms with Crippen LogP contribution in [0, 0.1) is 0 Å². The second kappa shape index (κ2) is 16.6. The molecule has 2 aliphatic heterocycles. The standard InChI is InChI=1S/C44H45N5O7S/c1-47-27-42(52)49-26-35(46-40(50)23-33-13-7-12-31-10-5-6-16-38(31)33)24-36(49)28-57(55,56)37-15-8-14-34(22-37)44(54)48(2)39(19-20-41(47)51)43(53)45-25-29-17-18-30-9-3-4-11-32(30)21-29/h3-18,21-22,35-36,39H,19-20,23-28H2,1-2H3,(H,45,53)(H,46,50)/t35-,36+,39+/m1/s1. The molecule has 0 saturated carbocycles. The van der Waals surface area contributed by atoms with Crippen LogP contribution in [0.1, 0.15) is 40.7 Å². The van der Waals surface area contributed by atoms with Crippen molar-refractivity contribution in [2.45, 2.75) is 55.2 Å². The number of fused-ring (bicyclic) bond motifs is 5. The predicted octanol–water partition coefficient (Wildman–Crippen LogP) is 4.10. The normalized spacial score (nSPS) is 20.4. The number of carbonyl (C=O) groups is 5. The van der Waals surface area contributed by atoms with E-state index in [0.29, 0.717) is 0 Å². The molecule has 0 aliphatic carbocycles. The Hall–Kier alpha value is -6.08. The molecule has 2 bridgehead atoms. The predicted molar refractivity (Wildman–Crippen MR) is 217 cm³/mol. The first-order chi connectivity index (χ1) is 27.4. The van der Waals surface area contributed by atoms with E-state index in [-0.39, 0.29) is 61.7 Å². The van der Waals surface area contributed by atoms with Crippen LogP contribution in [-0.2, 0) is 42.0 Å². The third kappa shape index (κ3) is 8.83. The van der Waals surface area contributed by atoms with E-state index in [1.165, 1.54) is 53.1 Å². The van der Waals surface area contributed by atoms with Gasteiger partial charge in [-0.15, -0.1) is 0 Å². The number of nitrogens with one attached hydrogen (secondary N) is 2. The number of carbonyl (C=O) groups excluding carboxylic acids is 5. The Kier molecular flexibility index (Phi) is 11.4. The fourth-order valence-electron chi connectivity index (χ4n) is 7.89. The first-order valence-electron chi connectivity index (χ1n) is 19.0. The molecule has 3 atom stereocenters. The van der Waals surface area contributed by atoms with E-state index < -0.39 is 57.3 Å². The minimum absolute atomic E-state index is 0.0434. The molecule has 2 aliphatic rings. The first-order valence-corrected chi connectivity index (χ1v) is 20.7. The van der Waals surface area contributed by atoms with Crippen molar-refractivity contribution < 1.29 is 32.4 Å². The number of nitrogens with zero attached hydrogens (tertiary/aromatic N) is 3. The Labute approximate surface area is 331 Å². The maximum absolute atomic E-state index is 14.0. The van der Waals surface area contributed by atoms with Gasteiger partial charge in [0.25, 0.3) is 5.91 Å². The highest BCUT2D eigenvalue weighted by atomic mass is 32.2. The molecule has 5 amide bonds. The van der Waals surface area contributed by atoms with Crippen LogP contribution in [0.5, 0.6) is 0 Å². The van der Waals surface area contributed by atoms with Crippen molar-refractivity contribution in [1.29, 1.82) is 0 Å². The topological polar surface area (TPSA) is 153 Å². The summed E-state index contributed by atoms with van der Waals surface area (Å²) in [6.45, 7) is -0.0971. The zero-order chi connectivity index (χ0) is 40.3. The number of amides is 5. The lowest BCUT2D eigenvalue weighted by Crippen LogP contribution is -2.49. The van der Waals surface area contributed by atoms with Crippen LogP contribution >= 0.6 is 0 Å². The minimum atomic E-state index is -4.08. The van der Waals surface area contributed by atoms with Gasteiger partial charge in [-0.3, -0.25) is 24.0 Å². The summed E-state index contributed by atoms with van der Waals surface area (Å²) < 4.78 is 28.0. The molecule has 2 heterocycles. The Morgan fingerprint density at radius 2 is 1.51 bits per heavy atom. The maximum atomic E-state index is 14.0. The molecule has 5 aromatic rings. The molecule has 12 nitrogen and oxygen atoms in total. The van der Waals surface area contributed by atoms with Gasteiger partial charge < -0.3 is 25.3 Å². The summed E-state index contributed by atoms with van der Waals surface area (Å²) in [5.74, 6) is -2.67.